The van der Waals surface area contributed by atoms with Gasteiger partial charge < -0.3 is 10.1 Å². The predicted octanol–water partition coefficient (Wildman–Crippen LogP) is 3.49. The standard InChI is InChI=1S/C22H21FN2O4S/c1-29-20-4-2-3-17(13-20)15-24-22(26)14-16-5-9-19(10-6-16)25-30(27,28)21-11-7-18(23)8-12-21/h2-13,25H,14-15H2,1H3,(H,24,26). The van der Waals surface area contributed by atoms with Crippen molar-refractivity contribution < 1.29 is 22.3 Å². The molecule has 6 nitrogen and oxygen atoms in total. The van der Waals surface area contributed by atoms with E-state index in [2.05, 4.69) is 10.0 Å². The lowest BCUT2D eigenvalue weighted by Gasteiger charge is -2.10. The maximum Gasteiger partial charge on any atom is 0.261 e. The van der Waals surface area contributed by atoms with Gasteiger partial charge in [0, 0.05) is 12.2 Å². The van der Waals surface area contributed by atoms with Crippen LogP contribution >= 0.6 is 0 Å². The quantitative estimate of drug-likeness (QED) is 0.575. The molecule has 0 bridgehead atoms. The first kappa shape index (κ1) is 21.3. The van der Waals surface area contributed by atoms with Crippen LogP contribution in [0.3, 0.4) is 0 Å². The average Bonchev–Trinajstić information content (AvgIpc) is 2.74. The predicted molar refractivity (Wildman–Crippen MR) is 112 cm³/mol. The van der Waals surface area contributed by atoms with E-state index in [9.17, 15) is 17.6 Å². The van der Waals surface area contributed by atoms with E-state index < -0.39 is 15.8 Å². The number of hydrogen-bond acceptors (Lipinski definition) is 4. The molecule has 0 aromatic heterocycles. The summed E-state index contributed by atoms with van der Waals surface area (Å²) in [6, 6.07) is 18.5. The number of rotatable bonds is 8. The van der Waals surface area contributed by atoms with Crippen LogP contribution in [0, 0.1) is 5.82 Å². The summed E-state index contributed by atoms with van der Waals surface area (Å²) in [6.07, 6.45) is 0.162. The first-order chi connectivity index (χ1) is 14.4. The summed E-state index contributed by atoms with van der Waals surface area (Å²) < 4.78 is 45.2. The molecule has 0 fully saturated rings. The molecule has 1 amide bonds. The van der Waals surface area contributed by atoms with Gasteiger partial charge in [-0.1, -0.05) is 24.3 Å². The summed E-state index contributed by atoms with van der Waals surface area (Å²) in [7, 11) is -2.23. The normalized spacial score (nSPS) is 11.0. The number of methoxy groups -OCH3 is 1. The van der Waals surface area contributed by atoms with Gasteiger partial charge in [0.25, 0.3) is 10.0 Å². The average molecular weight is 428 g/mol. The fraction of sp³-hybridized carbons (Fsp3) is 0.136. The smallest absolute Gasteiger partial charge is 0.261 e. The third-order valence-electron chi connectivity index (χ3n) is 4.32. The van der Waals surface area contributed by atoms with E-state index in [1.807, 2.05) is 24.3 Å². The maximum atomic E-state index is 13.0. The summed E-state index contributed by atoms with van der Waals surface area (Å²) in [5, 5.41) is 2.84. The lowest BCUT2D eigenvalue weighted by molar-refractivity contribution is -0.120. The van der Waals surface area contributed by atoms with Gasteiger partial charge in [0.2, 0.25) is 5.91 Å². The zero-order valence-corrected chi connectivity index (χ0v) is 17.1. The Hall–Kier alpha value is -3.39. The van der Waals surface area contributed by atoms with Gasteiger partial charge in [0.1, 0.15) is 11.6 Å². The number of hydrogen-bond donors (Lipinski definition) is 2. The molecule has 0 saturated heterocycles. The molecule has 156 valence electrons. The number of nitrogens with one attached hydrogen (secondary N) is 2. The maximum absolute atomic E-state index is 13.0. The van der Waals surface area contributed by atoms with Gasteiger partial charge in [-0.2, -0.15) is 0 Å². The first-order valence-electron chi connectivity index (χ1n) is 9.13. The van der Waals surface area contributed by atoms with Crippen molar-refractivity contribution in [2.75, 3.05) is 11.8 Å². The number of ether oxygens (including phenoxy) is 1. The van der Waals surface area contributed by atoms with Gasteiger partial charge >= 0.3 is 0 Å². The minimum absolute atomic E-state index is 0.0371. The molecule has 30 heavy (non-hydrogen) atoms. The molecule has 0 saturated carbocycles. The molecule has 0 spiro atoms. The lowest BCUT2D eigenvalue weighted by Crippen LogP contribution is -2.24. The molecule has 0 unspecified atom stereocenters. The van der Waals surface area contributed by atoms with Crippen molar-refractivity contribution in [3.05, 3.63) is 89.7 Å². The molecule has 0 aliphatic rings. The minimum Gasteiger partial charge on any atom is -0.497 e. The fourth-order valence-corrected chi connectivity index (χ4v) is 3.81. The third kappa shape index (κ3) is 5.81. The SMILES string of the molecule is COc1cccc(CNC(=O)Cc2ccc(NS(=O)(=O)c3ccc(F)cc3)cc2)c1. The summed E-state index contributed by atoms with van der Waals surface area (Å²) in [4.78, 5) is 12.1. The first-order valence-corrected chi connectivity index (χ1v) is 10.6. The van der Waals surface area contributed by atoms with Crippen LogP contribution in [-0.2, 0) is 27.8 Å². The number of carbonyl (C=O) groups is 1. The number of carbonyl (C=O) groups excluding carboxylic acids is 1. The molecular formula is C22H21FN2O4S. The Bertz CT molecular complexity index is 1110. The third-order valence-corrected chi connectivity index (χ3v) is 5.72. The van der Waals surface area contributed by atoms with Crippen LogP contribution in [0.2, 0.25) is 0 Å². The lowest BCUT2D eigenvalue weighted by atomic mass is 10.1. The Morgan fingerprint density at radius 3 is 2.33 bits per heavy atom. The van der Waals surface area contributed by atoms with Crippen molar-refractivity contribution in [3.63, 3.8) is 0 Å². The molecule has 3 aromatic carbocycles. The van der Waals surface area contributed by atoms with E-state index in [-0.39, 0.29) is 17.2 Å². The Kier molecular flexibility index (Phi) is 6.68. The molecule has 0 aliphatic heterocycles. The number of amides is 1. The number of benzene rings is 3. The molecular weight excluding hydrogens is 407 g/mol. The molecule has 0 radical (unpaired) electrons. The Balaban J connectivity index is 1.56. The van der Waals surface area contributed by atoms with Crippen LogP contribution in [0.1, 0.15) is 11.1 Å². The minimum atomic E-state index is -3.82. The summed E-state index contributed by atoms with van der Waals surface area (Å²) in [5.74, 6) is 0.0564. The fourth-order valence-electron chi connectivity index (χ4n) is 2.75. The largest absolute Gasteiger partial charge is 0.497 e. The molecule has 0 heterocycles. The van der Waals surface area contributed by atoms with E-state index in [0.29, 0.717) is 12.2 Å². The second-order valence-electron chi connectivity index (χ2n) is 6.56. The Morgan fingerprint density at radius 2 is 1.67 bits per heavy atom. The van der Waals surface area contributed by atoms with E-state index in [4.69, 9.17) is 4.74 Å². The van der Waals surface area contributed by atoms with Gasteiger partial charge in [0.15, 0.2) is 0 Å². The van der Waals surface area contributed by atoms with Gasteiger partial charge in [-0.15, -0.1) is 0 Å². The summed E-state index contributed by atoms with van der Waals surface area (Å²) >= 11 is 0. The van der Waals surface area contributed by atoms with Crippen LogP contribution in [-0.4, -0.2) is 21.4 Å². The summed E-state index contributed by atoms with van der Waals surface area (Å²) in [6.45, 7) is 0.381. The monoisotopic (exact) mass is 428 g/mol. The van der Waals surface area contributed by atoms with Crippen LogP contribution in [0.5, 0.6) is 5.75 Å². The van der Waals surface area contributed by atoms with Gasteiger partial charge in [0.05, 0.1) is 18.4 Å². The highest BCUT2D eigenvalue weighted by Gasteiger charge is 2.14. The van der Waals surface area contributed by atoms with Crippen molar-refractivity contribution in [3.8, 4) is 5.75 Å². The van der Waals surface area contributed by atoms with Gasteiger partial charge in [-0.05, 0) is 59.7 Å². The number of anilines is 1. The second kappa shape index (κ2) is 9.41. The number of sulfonamides is 1. The molecule has 8 heteroatoms. The highest BCUT2D eigenvalue weighted by atomic mass is 32.2. The van der Waals surface area contributed by atoms with Crippen LogP contribution < -0.4 is 14.8 Å². The van der Waals surface area contributed by atoms with Gasteiger partial charge in [-0.25, -0.2) is 12.8 Å². The molecule has 3 aromatic rings. The molecule has 2 N–H and O–H groups in total. The van der Waals surface area contributed by atoms with E-state index in [1.165, 1.54) is 12.1 Å². The van der Waals surface area contributed by atoms with Crippen molar-refractivity contribution in [1.82, 2.24) is 5.32 Å². The second-order valence-corrected chi connectivity index (χ2v) is 8.24. The highest BCUT2D eigenvalue weighted by Crippen LogP contribution is 2.17. The van der Waals surface area contributed by atoms with Crippen LogP contribution in [0.4, 0.5) is 10.1 Å². The molecule has 0 aliphatic carbocycles. The van der Waals surface area contributed by atoms with Crippen molar-refractivity contribution in [2.24, 2.45) is 0 Å². The van der Waals surface area contributed by atoms with Crippen molar-refractivity contribution in [2.45, 2.75) is 17.9 Å². The molecule has 0 atom stereocenters. The summed E-state index contributed by atoms with van der Waals surface area (Å²) in [5.41, 5.74) is 2.01. The zero-order valence-electron chi connectivity index (χ0n) is 16.3. The van der Waals surface area contributed by atoms with Crippen LogP contribution in [0.15, 0.2) is 77.7 Å². The van der Waals surface area contributed by atoms with E-state index >= 15 is 0 Å². The zero-order chi connectivity index (χ0) is 21.6. The van der Waals surface area contributed by atoms with Crippen LogP contribution in [0.25, 0.3) is 0 Å². The highest BCUT2D eigenvalue weighted by molar-refractivity contribution is 7.92. The van der Waals surface area contributed by atoms with Gasteiger partial charge in [-0.3, -0.25) is 9.52 Å². The topological polar surface area (TPSA) is 84.5 Å². The molecule has 3 rings (SSSR count). The van der Waals surface area contributed by atoms with Crippen molar-refractivity contribution >= 4 is 21.6 Å². The Morgan fingerprint density at radius 1 is 0.967 bits per heavy atom. The van der Waals surface area contributed by atoms with E-state index in [1.54, 1.807) is 31.4 Å². The van der Waals surface area contributed by atoms with E-state index in [0.717, 1.165) is 29.0 Å². The van der Waals surface area contributed by atoms with Crippen molar-refractivity contribution in [1.29, 1.82) is 0 Å². The number of halogens is 1. The Labute approximate surface area is 174 Å².